The zero-order chi connectivity index (χ0) is 17.6. The summed E-state index contributed by atoms with van der Waals surface area (Å²) in [5.41, 5.74) is 2.04. The van der Waals surface area contributed by atoms with Crippen LogP contribution in [-0.2, 0) is 22.4 Å². The van der Waals surface area contributed by atoms with Gasteiger partial charge in [0.25, 0.3) is 0 Å². The van der Waals surface area contributed by atoms with Gasteiger partial charge in [-0.3, -0.25) is 9.78 Å². The van der Waals surface area contributed by atoms with Crippen molar-refractivity contribution in [2.24, 2.45) is 5.92 Å². The number of carbonyl (C=O) groups is 1. The van der Waals surface area contributed by atoms with E-state index in [1.807, 2.05) is 17.0 Å². The summed E-state index contributed by atoms with van der Waals surface area (Å²) in [7, 11) is 1.72. The highest BCUT2D eigenvalue weighted by Gasteiger charge is 2.31. The highest BCUT2D eigenvalue weighted by molar-refractivity contribution is 5.78. The smallest absolute Gasteiger partial charge is 0.227 e. The second kappa shape index (κ2) is 8.21. The number of hydrogen-bond donors (Lipinski definition) is 0. The van der Waals surface area contributed by atoms with Crippen LogP contribution in [0.15, 0.2) is 48.8 Å². The number of carbonyl (C=O) groups excluding carboxylic acids is 1. The van der Waals surface area contributed by atoms with Crippen LogP contribution in [0, 0.1) is 11.7 Å². The lowest BCUT2D eigenvalue weighted by Gasteiger charge is -2.38. The number of rotatable bonds is 5. The van der Waals surface area contributed by atoms with Crippen LogP contribution < -0.4 is 0 Å². The standard InChI is InChI=1S/C20H23FN2O2/c1-25-19-8-11-23(20(24)13-16-6-9-22-10-7-16)14-17(19)12-15-2-4-18(21)5-3-15/h2-7,9-10,17,19H,8,11-14H2,1H3/t17-,19-/m1/s1. The van der Waals surface area contributed by atoms with E-state index in [1.165, 1.54) is 12.1 Å². The molecule has 0 radical (unpaired) electrons. The molecule has 2 atom stereocenters. The summed E-state index contributed by atoms with van der Waals surface area (Å²) in [4.78, 5) is 18.5. The average molecular weight is 342 g/mol. The molecule has 1 fully saturated rings. The quantitative estimate of drug-likeness (QED) is 0.839. The summed E-state index contributed by atoms with van der Waals surface area (Å²) < 4.78 is 18.7. The highest BCUT2D eigenvalue weighted by Crippen LogP contribution is 2.24. The van der Waals surface area contributed by atoms with E-state index < -0.39 is 0 Å². The molecule has 4 nitrogen and oxygen atoms in total. The van der Waals surface area contributed by atoms with Gasteiger partial charge in [0, 0.05) is 38.5 Å². The van der Waals surface area contributed by atoms with Gasteiger partial charge in [0.1, 0.15) is 5.82 Å². The van der Waals surface area contributed by atoms with Crippen molar-refractivity contribution in [1.29, 1.82) is 0 Å². The molecule has 1 saturated heterocycles. The van der Waals surface area contributed by atoms with Crippen molar-refractivity contribution in [3.05, 3.63) is 65.7 Å². The van der Waals surface area contributed by atoms with Gasteiger partial charge in [0.2, 0.25) is 5.91 Å². The van der Waals surface area contributed by atoms with Crippen molar-refractivity contribution in [1.82, 2.24) is 9.88 Å². The van der Waals surface area contributed by atoms with Gasteiger partial charge in [-0.1, -0.05) is 12.1 Å². The molecule has 1 aromatic carbocycles. The van der Waals surface area contributed by atoms with E-state index in [4.69, 9.17) is 4.74 Å². The number of pyridine rings is 1. The number of ether oxygens (including phenoxy) is 1. The molecule has 0 saturated carbocycles. The molecule has 1 aliphatic heterocycles. The Bertz CT molecular complexity index is 691. The number of aromatic nitrogens is 1. The van der Waals surface area contributed by atoms with E-state index in [9.17, 15) is 9.18 Å². The van der Waals surface area contributed by atoms with Gasteiger partial charge in [-0.25, -0.2) is 4.39 Å². The Morgan fingerprint density at radius 1 is 1.20 bits per heavy atom. The third-order valence-corrected chi connectivity index (χ3v) is 4.84. The van der Waals surface area contributed by atoms with Crippen LogP contribution in [0.25, 0.3) is 0 Å². The fourth-order valence-corrected chi connectivity index (χ4v) is 3.45. The van der Waals surface area contributed by atoms with Crippen molar-refractivity contribution in [3.63, 3.8) is 0 Å². The summed E-state index contributed by atoms with van der Waals surface area (Å²) in [6.45, 7) is 1.38. The van der Waals surface area contributed by atoms with Crippen LogP contribution in [0.3, 0.4) is 0 Å². The average Bonchev–Trinajstić information content (AvgIpc) is 2.64. The van der Waals surface area contributed by atoms with Crippen molar-refractivity contribution < 1.29 is 13.9 Å². The third kappa shape index (κ3) is 4.63. The summed E-state index contributed by atoms with van der Waals surface area (Å²) >= 11 is 0. The summed E-state index contributed by atoms with van der Waals surface area (Å²) in [5.74, 6) is 0.111. The SMILES string of the molecule is CO[C@@H]1CCN(C(=O)Cc2ccncc2)C[C@H]1Cc1ccc(F)cc1. The van der Waals surface area contributed by atoms with Crippen LogP contribution in [0.2, 0.25) is 0 Å². The summed E-state index contributed by atoms with van der Waals surface area (Å²) in [5, 5.41) is 0. The molecule has 1 aliphatic rings. The largest absolute Gasteiger partial charge is 0.381 e. The molecular formula is C20H23FN2O2. The topological polar surface area (TPSA) is 42.4 Å². The van der Waals surface area contributed by atoms with E-state index in [0.717, 1.165) is 24.0 Å². The first-order valence-corrected chi connectivity index (χ1v) is 8.59. The second-order valence-electron chi connectivity index (χ2n) is 6.53. The first-order valence-electron chi connectivity index (χ1n) is 8.59. The fourth-order valence-electron chi connectivity index (χ4n) is 3.45. The molecule has 1 amide bonds. The Morgan fingerprint density at radius 2 is 1.92 bits per heavy atom. The van der Waals surface area contributed by atoms with Gasteiger partial charge in [-0.05, 0) is 48.2 Å². The number of likely N-dealkylation sites (tertiary alicyclic amines) is 1. The van der Waals surface area contributed by atoms with Crippen LogP contribution in [0.4, 0.5) is 4.39 Å². The van der Waals surface area contributed by atoms with E-state index >= 15 is 0 Å². The van der Waals surface area contributed by atoms with Gasteiger partial charge in [-0.15, -0.1) is 0 Å². The van der Waals surface area contributed by atoms with Gasteiger partial charge < -0.3 is 9.64 Å². The van der Waals surface area contributed by atoms with E-state index in [-0.39, 0.29) is 23.7 Å². The zero-order valence-electron chi connectivity index (χ0n) is 14.4. The number of hydrogen-bond acceptors (Lipinski definition) is 3. The molecule has 5 heteroatoms. The highest BCUT2D eigenvalue weighted by atomic mass is 19.1. The van der Waals surface area contributed by atoms with Crippen molar-refractivity contribution in [3.8, 4) is 0 Å². The number of piperidine rings is 1. The maximum absolute atomic E-state index is 13.1. The lowest BCUT2D eigenvalue weighted by molar-refractivity contribution is -0.134. The zero-order valence-corrected chi connectivity index (χ0v) is 14.4. The Hall–Kier alpha value is -2.27. The molecule has 25 heavy (non-hydrogen) atoms. The number of benzene rings is 1. The molecule has 0 spiro atoms. The molecule has 0 unspecified atom stereocenters. The molecule has 2 aromatic rings. The maximum Gasteiger partial charge on any atom is 0.227 e. The van der Waals surface area contributed by atoms with Gasteiger partial charge in [0.15, 0.2) is 0 Å². The lowest BCUT2D eigenvalue weighted by atomic mass is 9.88. The molecule has 0 aliphatic carbocycles. The van der Waals surface area contributed by atoms with Gasteiger partial charge in [-0.2, -0.15) is 0 Å². The van der Waals surface area contributed by atoms with Crippen LogP contribution in [0.5, 0.6) is 0 Å². The van der Waals surface area contributed by atoms with E-state index in [0.29, 0.717) is 19.5 Å². The molecule has 0 N–H and O–H groups in total. The van der Waals surface area contributed by atoms with Crippen molar-refractivity contribution >= 4 is 5.91 Å². The first-order chi connectivity index (χ1) is 12.2. The predicted molar refractivity (Wildman–Crippen MR) is 93.5 cm³/mol. The Balaban J connectivity index is 1.65. The third-order valence-electron chi connectivity index (χ3n) is 4.84. The predicted octanol–water partition coefficient (Wildman–Crippen LogP) is 2.87. The molecule has 132 valence electrons. The van der Waals surface area contributed by atoms with Crippen LogP contribution in [-0.4, -0.2) is 42.1 Å². The van der Waals surface area contributed by atoms with Gasteiger partial charge in [0.05, 0.1) is 12.5 Å². The van der Waals surface area contributed by atoms with Crippen LogP contribution >= 0.6 is 0 Å². The molecule has 2 heterocycles. The minimum absolute atomic E-state index is 0.120. The summed E-state index contributed by atoms with van der Waals surface area (Å²) in [6.07, 6.45) is 5.52. The van der Waals surface area contributed by atoms with Crippen molar-refractivity contribution in [2.45, 2.75) is 25.4 Å². The number of halogens is 1. The number of amides is 1. The van der Waals surface area contributed by atoms with E-state index in [1.54, 1.807) is 31.6 Å². The number of nitrogens with zero attached hydrogens (tertiary/aromatic N) is 2. The monoisotopic (exact) mass is 342 g/mol. The normalized spacial score (nSPS) is 20.5. The van der Waals surface area contributed by atoms with E-state index in [2.05, 4.69) is 4.98 Å². The van der Waals surface area contributed by atoms with Crippen molar-refractivity contribution in [2.75, 3.05) is 20.2 Å². The maximum atomic E-state index is 13.1. The molecule has 3 rings (SSSR count). The Kier molecular flexibility index (Phi) is 5.76. The molecule has 0 bridgehead atoms. The first kappa shape index (κ1) is 17.5. The van der Waals surface area contributed by atoms with Crippen LogP contribution in [0.1, 0.15) is 17.5 Å². The Morgan fingerprint density at radius 3 is 2.60 bits per heavy atom. The minimum atomic E-state index is -0.232. The minimum Gasteiger partial charge on any atom is -0.381 e. The van der Waals surface area contributed by atoms with Gasteiger partial charge >= 0.3 is 0 Å². The molecule has 1 aromatic heterocycles. The fraction of sp³-hybridized carbons (Fsp3) is 0.400. The second-order valence-corrected chi connectivity index (χ2v) is 6.53. The lowest BCUT2D eigenvalue weighted by Crippen LogP contribution is -2.47. The summed E-state index contributed by atoms with van der Waals surface area (Å²) in [6, 6.07) is 10.3. The number of methoxy groups -OCH3 is 1. The Labute approximate surface area is 147 Å². The molecular weight excluding hydrogens is 319 g/mol.